The number of anilines is 1. The highest BCUT2D eigenvalue weighted by Crippen LogP contribution is 2.16. The predicted molar refractivity (Wildman–Crippen MR) is 104 cm³/mol. The van der Waals surface area contributed by atoms with Crippen LogP contribution in [0, 0.1) is 0 Å². The summed E-state index contributed by atoms with van der Waals surface area (Å²) in [5.74, 6) is 0.287. The van der Waals surface area contributed by atoms with E-state index in [2.05, 4.69) is 26.0 Å². The van der Waals surface area contributed by atoms with Gasteiger partial charge in [0.25, 0.3) is 5.56 Å². The molecule has 0 aliphatic heterocycles. The summed E-state index contributed by atoms with van der Waals surface area (Å²) in [6, 6.07) is 16.2. The molecule has 26 heavy (non-hydrogen) atoms. The van der Waals surface area contributed by atoms with E-state index in [0.29, 0.717) is 18.1 Å². The van der Waals surface area contributed by atoms with Crippen molar-refractivity contribution in [2.75, 3.05) is 11.4 Å². The maximum Gasteiger partial charge on any atom is 0.267 e. The summed E-state index contributed by atoms with van der Waals surface area (Å²) in [5.41, 5.74) is 1.20. The largest absolute Gasteiger partial charge is 0.295 e. The molecule has 132 valence electrons. The maximum absolute atomic E-state index is 12.7. The molecule has 0 atom stereocenters. The lowest BCUT2D eigenvalue weighted by molar-refractivity contribution is -0.119. The Balaban J connectivity index is 1.86. The molecule has 0 saturated carbocycles. The van der Waals surface area contributed by atoms with Gasteiger partial charge in [0.15, 0.2) is 0 Å². The van der Waals surface area contributed by atoms with Crippen LogP contribution in [0.3, 0.4) is 0 Å². The molecule has 0 bridgehead atoms. The highest BCUT2D eigenvalue weighted by molar-refractivity contribution is 9.10. The number of benzene rings is 1. The van der Waals surface area contributed by atoms with Crippen molar-refractivity contribution in [3.05, 3.63) is 75.6 Å². The van der Waals surface area contributed by atoms with Crippen LogP contribution in [0.4, 0.5) is 5.82 Å². The maximum atomic E-state index is 12.7. The summed E-state index contributed by atoms with van der Waals surface area (Å²) in [7, 11) is 0. The quantitative estimate of drug-likeness (QED) is 0.645. The van der Waals surface area contributed by atoms with Gasteiger partial charge in [0.2, 0.25) is 5.91 Å². The van der Waals surface area contributed by atoms with Crippen molar-refractivity contribution in [2.45, 2.75) is 13.5 Å². The third kappa shape index (κ3) is 4.05. The highest BCUT2D eigenvalue weighted by atomic mass is 79.9. The smallest absolute Gasteiger partial charge is 0.267 e. The van der Waals surface area contributed by atoms with Gasteiger partial charge < -0.3 is 0 Å². The molecule has 0 aliphatic carbocycles. The first-order valence-electron chi connectivity index (χ1n) is 8.14. The van der Waals surface area contributed by atoms with Gasteiger partial charge in [-0.15, -0.1) is 0 Å². The van der Waals surface area contributed by atoms with E-state index in [9.17, 15) is 9.59 Å². The van der Waals surface area contributed by atoms with Gasteiger partial charge in [-0.3, -0.25) is 14.5 Å². The van der Waals surface area contributed by atoms with Crippen molar-refractivity contribution in [2.24, 2.45) is 0 Å². The Labute approximate surface area is 159 Å². The summed E-state index contributed by atoms with van der Waals surface area (Å²) < 4.78 is 2.02. The predicted octanol–water partition coefficient (Wildman–Crippen LogP) is 3.12. The number of hydrogen-bond acceptors (Lipinski definition) is 4. The number of carbonyl (C=O) groups excluding carboxylic acids is 1. The number of pyridine rings is 1. The van der Waals surface area contributed by atoms with Gasteiger partial charge in [-0.2, -0.15) is 5.10 Å². The summed E-state index contributed by atoms with van der Waals surface area (Å²) in [6.07, 6.45) is 1.63. The number of aromatic nitrogens is 3. The zero-order valence-corrected chi connectivity index (χ0v) is 15.8. The van der Waals surface area contributed by atoms with Crippen LogP contribution in [0.2, 0.25) is 0 Å². The normalized spacial score (nSPS) is 10.5. The molecule has 6 nitrogen and oxygen atoms in total. The summed E-state index contributed by atoms with van der Waals surface area (Å²) >= 11 is 3.33. The van der Waals surface area contributed by atoms with Gasteiger partial charge >= 0.3 is 0 Å². The highest BCUT2D eigenvalue weighted by Gasteiger charge is 2.17. The molecule has 0 spiro atoms. The van der Waals surface area contributed by atoms with Crippen LogP contribution in [-0.2, 0) is 11.3 Å². The molecule has 0 radical (unpaired) electrons. The fourth-order valence-electron chi connectivity index (χ4n) is 2.53. The van der Waals surface area contributed by atoms with Crippen LogP contribution in [0.1, 0.15) is 6.92 Å². The number of rotatable bonds is 5. The van der Waals surface area contributed by atoms with Gasteiger partial charge in [-0.25, -0.2) is 9.67 Å². The number of hydrogen-bond donors (Lipinski definition) is 0. The van der Waals surface area contributed by atoms with Crippen LogP contribution in [0.15, 0.2) is 70.1 Å². The van der Waals surface area contributed by atoms with E-state index < -0.39 is 0 Å². The van der Waals surface area contributed by atoms with E-state index >= 15 is 0 Å². The molecule has 0 fully saturated rings. The Morgan fingerprint density at radius 3 is 2.54 bits per heavy atom. The molecular formula is C19H17BrN4O2. The number of nitrogens with zero attached hydrogens (tertiary/aromatic N) is 4. The number of halogens is 1. The third-order valence-electron chi connectivity index (χ3n) is 3.83. The number of carbonyl (C=O) groups is 1. The first-order chi connectivity index (χ1) is 12.6. The van der Waals surface area contributed by atoms with Crippen molar-refractivity contribution >= 4 is 27.7 Å². The van der Waals surface area contributed by atoms with Gasteiger partial charge in [0.1, 0.15) is 12.4 Å². The molecule has 1 aromatic carbocycles. The van der Waals surface area contributed by atoms with Crippen LogP contribution in [0.5, 0.6) is 0 Å². The molecule has 3 aromatic rings. The lowest BCUT2D eigenvalue weighted by Crippen LogP contribution is -2.37. The van der Waals surface area contributed by atoms with Gasteiger partial charge in [-0.1, -0.05) is 30.3 Å². The molecule has 2 heterocycles. The van der Waals surface area contributed by atoms with E-state index in [-0.39, 0.29) is 18.0 Å². The molecule has 0 unspecified atom stereocenters. The SMILES string of the molecule is CCN(C(=O)Cn1nc(-c2ccccc2)ccc1=O)c1ccc(Br)cn1. The second-order valence-electron chi connectivity index (χ2n) is 5.55. The topological polar surface area (TPSA) is 68.1 Å². The van der Waals surface area contributed by atoms with E-state index in [1.807, 2.05) is 43.3 Å². The van der Waals surface area contributed by atoms with Crippen molar-refractivity contribution in [1.29, 1.82) is 0 Å². The van der Waals surface area contributed by atoms with E-state index in [0.717, 1.165) is 10.0 Å². The molecule has 0 aliphatic rings. The van der Waals surface area contributed by atoms with Crippen LogP contribution in [0.25, 0.3) is 11.3 Å². The van der Waals surface area contributed by atoms with Crippen molar-refractivity contribution in [3.8, 4) is 11.3 Å². The fourth-order valence-corrected chi connectivity index (χ4v) is 2.77. The summed E-state index contributed by atoms with van der Waals surface area (Å²) in [4.78, 5) is 30.6. The fraction of sp³-hybridized carbons (Fsp3) is 0.158. The average molecular weight is 413 g/mol. The van der Waals surface area contributed by atoms with Gasteiger partial charge in [0, 0.05) is 28.8 Å². The van der Waals surface area contributed by atoms with Crippen molar-refractivity contribution in [1.82, 2.24) is 14.8 Å². The molecule has 0 saturated heterocycles. The number of likely N-dealkylation sites (N-methyl/N-ethyl adjacent to an activating group) is 1. The van der Waals surface area contributed by atoms with E-state index in [4.69, 9.17) is 0 Å². The van der Waals surface area contributed by atoms with Crippen LogP contribution >= 0.6 is 15.9 Å². The molecule has 2 aromatic heterocycles. The minimum absolute atomic E-state index is 0.148. The Bertz CT molecular complexity index is 955. The second kappa shape index (κ2) is 8.05. The molecular weight excluding hydrogens is 396 g/mol. The molecule has 1 amide bonds. The second-order valence-corrected chi connectivity index (χ2v) is 6.47. The molecule has 0 N–H and O–H groups in total. The zero-order valence-electron chi connectivity index (χ0n) is 14.2. The molecule has 7 heteroatoms. The Kier molecular flexibility index (Phi) is 5.58. The van der Waals surface area contributed by atoms with E-state index in [1.54, 1.807) is 18.3 Å². The standard InChI is InChI=1S/C19H17BrN4O2/c1-2-23(17-10-8-15(20)12-21-17)19(26)13-24-18(25)11-9-16(22-24)14-6-4-3-5-7-14/h3-12H,2,13H2,1H3. The first-order valence-corrected chi connectivity index (χ1v) is 8.93. The van der Waals surface area contributed by atoms with Crippen LogP contribution < -0.4 is 10.5 Å². The monoisotopic (exact) mass is 412 g/mol. The number of amides is 1. The van der Waals surface area contributed by atoms with Crippen molar-refractivity contribution in [3.63, 3.8) is 0 Å². The van der Waals surface area contributed by atoms with Gasteiger partial charge in [-0.05, 0) is 41.1 Å². The van der Waals surface area contributed by atoms with Crippen molar-refractivity contribution < 1.29 is 4.79 Å². The van der Waals surface area contributed by atoms with E-state index in [1.165, 1.54) is 15.6 Å². The molecule has 3 rings (SSSR count). The Morgan fingerprint density at radius 1 is 1.12 bits per heavy atom. The third-order valence-corrected chi connectivity index (χ3v) is 4.30. The lowest BCUT2D eigenvalue weighted by Gasteiger charge is -2.20. The minimum atomic E-state index is -0.321. The average Bonchev–Trinajstić information content (AvgIpc) is 2.66. The Morgan fingerprint density at radius 2 is 1.88 bits per heavy atom. The lowest BCUT2D eigenvalue weighted by atomic mass is 10.1. The summed E-state index contributed by atoms with van der Waals surface area (Å²) in [5, 5.41) is 4.34. The summed E-state index contributed by atoms with van der Waals surface area (Å²) in [6.45, 7) is 2.16. The Hall–Kier alpha value is -2.80. The minimum Gasteiger partial charge on any atom is -0.295 e. The van der Waals surface area contributed by atoms with Crippen LogP contribution in [-0.4, -0.2) is 27.2 Å². The van der Waals surface area contributed by atoms with Gasteiger partial charge in [0.05, 0.1) is 5.69 Å². The first kappa shape index (κ1) is 18.0. The zero-order chi connectivity index (χ0) is 18.5.